The lowest BCUT2D eigenvalue weighted by molar-refractivity contribution is -0.145. The van der Waals surface area contributed by atoms with E-state index in [1.807, 2.05) is 42.5 Å². The van der Waals surface area contributed by atoms with Crippen LogP contribution in [0, 0.1) is 5.92 Å². The van der Waals surface area contributed by atoms with Crippen molar-refractivity contribution in [2.75, 3.05) is 25.1 Å². The van der Waals surface area contributed by atoms with E-state index in [9.17, 15) is 24.3 Å². The van der Waals surface area contributed by atoms with E-state index in [1.54, 1.807) is 23.4 Å². The van der Waals surface area contributed by atoms with Gasteiger partial charge < -0.3 is 31.1 Å². The van der Waals surface area contributed by atoms with Crippen LogP contribution in [0.4, 0.5) is 5.69 Å². The van der Waals surface area contributed by atoms with Gasteiger partial charge >= 0.3 is 0 Å². The molecule has 2 aliphatic heterocycles. The summed E-state index contributed by atoms with van der Waals surface area (Å²) < 4.78 is 7.16. The monoisotopic (exact) mass is 687 g/mol. The van der Waals surface area contributed by atoms with Crippen LogP contribution in [-0.2, 0) is 29.5 Å². The molecule has 0 spiro atoms. The number of hydrogen-bond acceptors (Lipinski definition) is 9. The van der Waals surface area contributed by atoms with E-state index in [0.717, 1.165) is 42.1 Å². The van der Waals surface area contributed by atoms with Gasteiger partial charge in [0.15, 0.2) is 0 Å². The maximum Gasteiger partial charge on any atom is 0.287 e. The third-order valence-electron chi connectivity index (χ3n) is 10.7. The number of aromatic nitrogens is 3. The maximum atomic E-state index is 14.9. The number of nitrogens with two attached hydrogens (primary N) is 1. The number of benzene rings is 2. The number of primary amides is 1. The number of likely N-dealkylation sites (tertiary alicyclic amines) is 1. The van der Waals surface area contributed by atoms with E-state index >= 15 is 0 Å². The highest BCUT2D eigenvalue weighted by Gasteiger charge is 2.49. The maximum absolute atomic E-state index is 14.9. The number of aliphatic hydroxyl groups is 1. The Hall–Kier alpha value is -4.36. The van der Waals surface area contributed by atoms with Gasteiger partial charge in [-0.25, -0.2) is 4.68 Å². The van der Waals surface area contributed by atoms with Crippen LogP contribution in [0.1, 0.15) is 89.8 Å². The molecule has 3 aromatic rings. The molecule has 1 saturated carbocycles. The van der Waals surface area contributed by atoms with Crippen molar-refractivity contribution in [3.8, 4) is 0 Å². The molecular weight excluding hydrogens is 638 g/mol. The summed E-state index contributed by atoms with van der Waals surface area (Å²) in [6, 6.07) is 11.9. The predicted molar refractivity (Wildman–Crippen MR) is 187 cm³/mol. The van der Waals surface area contributed by atoms with Crippen LogP contribution in [0.3, 0.4) is 0 Å². The highest BCUT2D eigenvalue weighted by molar-refractivity contribution is 6.39. The molecule has 13 nitrogen and oxygen atoms in total. The number of ketones is 1. The Kier molecular flexibility index (Phi) is 10.5. The second-order valence-corrected chi connectivity index (χ2v) is 14.7. The number of rotatable bonds is 11. The lowest BCUT2D eigenvalue weighted by atomic mass is 9.84. The van der Waals surface area contributed by atoms with Crippen molar-refractivity contribution < 1.29 is 29.0 Å². The average Bonchev–Trinajstić information content (AvgIpc) is 3.72. The summed E-state index contributed by atoms with van der Waals surface area (Å²) in [5, 5.41) is 27.8. The first-order valence-electron chi connectivity index (χ1n) is 17.9. The van der Waals surface area contributed by atoms with Gasteiger partial charge in [-0.2, -0.15) is 0 Å². The van der Waals surface area contributed by atoms with Crippen molar-refractivity contribution in [2.24, 2.45) is 11.7 Å². The Morgan fingerprint density at radius 3 is 2.54 bits per heavy atom. The minimum absolute atomic E-state index is 0.0877. The number of amides is 3. The van der Waals surface area contributed by atoms with Crippen molar-refractivity contribution in [3.63, 3.8) is 0 Å². The number of fused-ring (bicyclic) bond motifs is 1. The second kappa shape index (κ2) is 14.9. The van der Waals surface area contributed by atoms with Crippen LogP contribution >= 0.6 is 0 Å². The third kappa shape index (κ3) is 7.68. The van der Waals surface area contributed by atoms with Crippen LogP contribution < -0.4 is 16.4 Å². The molecule has 50 heavy (non-hydrogen) atoms. The summed E-state index contributed by atoms with van der Waals surface area (Å²) in [5.74, 6) is -2.46. The van der Waals surface area contributed by atoms with Gasteiger partial charge in [0.2, 0.25) is 17.6 Å². The molecule has 3 fully saturated rings. The molecule has 1 aliphatic carbocycles. The summed E-state index contributed by atoms with van der Waals surface area (Å²) in [6.07, 6.45) is 8.44. The van der Waals surface area contributed by atoms with Crippen LogP contribution in [0.15, 0.2) is 48.7 Å². The zero-order valence-corrected chi connectivity index (χ0v) is 29.0. The fourth-order valence-corrected chi connectivity index (χ4v) is 8.01. The van der Waals surface area contributed by atoms with Crippen molar-refractivity contribution in [2.45, 2.75) is 107 Å². The van der Waals surface area contributed by atoms with E-state index in [0.29, 0.717) is 31.1 Å². The van der Waals surface area contributed by atoms with Gasteiger partial charge in [0.05, 0.1) is 17.9 Å². The number of nitrogens with zero attached hydrogens (tertiary/aromatic N) is 4. The number of anilines is 1. The van der Waals surface area contributed by atoms with Crippen molar-refractivity contribution in [1.29, 1.82) is 0 Å². The molecule has 1 unspecified atom stereocenters. The van der Waals surface area contributed by atoms with Gasteiger partial charge in [-0.05, 0) is 61.9 Å². The minimum Gasteiger partial charge on any atom is -0.384 e. The summed E-state index contributed by atoms with van der Waals surface area (Å²) in [7, 11) is 0. The van der Waals surface area contributed by atoms with Crippen molar-refractivity contribution >= 4 is 40.0 Å². The highest BCUT2D eigenvalue weighted by Crippen LogP contribution is 2.35. The molecule has 4 atom stereocenters. The molecule has 3 heterocycles. The Balaban J connectivity index is 1.35. The van der Waals surface area contributed by atoms with Gasteiger partial charge in [-0.3, -0.25) is 19.2 Å². The largest absolute Gasteiger partial charge is 0.384 e. The Labute approximate surface area is 292 Å². The van der Waals surface area contributed by atoms with Gasteiger partial charge in [-0.15, -0.1) is 5.10 Å². The lowest BCUT2D eigenvalue weighted by Crippen LogP contribution is -2.62. The van der Waals surface area contributed by atoms with E-state index in [2.05, 4.69) is 20.9 Å². The first-order valence-corrected chi connectivity index (χ1v) is 17.9. The van der Waals surface area contributed by atoms with Crippen molar-refractivity contribution in [3.05, 3.63) is 54.4 Å². The Morgan fingerprint density at radius 2 is 1.80 bits per heavy atom. The van der Waals surface area contributed by atoms with Crippen LogP contribution in [-0.4, -0.2) is 85.9 Å². The molecule has 2 aromatic carbocycles. The average molecular weight is 688 g/mol. The lowest BCUT2D eigenvalue weighted by Gasteiger charge is -2.35. The SMILES string of the molecule is CC(C)(O)c1cnnn1[C@H]1C[C@@H](C(=O)NC2(C(=O)C(N)=O)CCCOCC2)N(C(=O)[C@@H](CC2CCCCC2)Nc2ccc3ccccc3c2)C1. The topological polar surface area (TPSA) is 182 Å². The zero-order chi connectivity index (χ0) is 35.5. The van der Waals surface area contributed by atoms with Gasteiger partial charge in [0.25, 0.3) is 5.91 Å². The van der Waals surface area contributed by atoms with Crippen molar-refractivity contribution in [1.82, 2.24) is 25.2 Å². The molecule has 268 valence electrons. The third-order valence-corrected chi connectivity index (χ3v) is 10.7. The molecule has 0 bridgehead atoms. The molecule has 6 rings (SSSR count). The van der Waals surface area contributed by atoms with Crippen LogP contribution in [0.5, 0.6) is 0 Å². The van der Waals surface area contributed by atoms with E-state index in [4.69, 9.17) is 10.5 Å². The minimum atomic E-state index is -1.54. The first kappa shape index (κ1) is 35.5. The molecule has 5 N–H and O–H groups in total. The number of carbonyl (C=O) groups excluding carboxylic acids is 4. The molecular formula is C37H49N7O6. The molecule has 2 saturated heterocycles. The van der Waals surface area contributed by atoms with Gasteiger partial charge in [0.1, 0.15) is 23.2 Å². The van der Waals surface area contributed by atoms with Gasteiger partial charge in [0, 0.05) is 38.3 Å². The Bertz CT molecular complexity index is 1700. The molecule has 3 amide bonds. The molecule has 1 aromatic heterocycles. The van der Waals surface area contributed by atoms with E-state index in [-0.39, 0.29) is 38.3 Å². The van der Waals surface area contributed by atoms with Gasteiger partial charge in [-0.1, -0.05) is 67.6 Å². The summed E-state index contributed by atoms with van der Waals surface area (Å²) >= 11 is 0. The second-order valence-electron chi connectivity index (χ2n) is 14.7. The normalized spacial score (nSPS) is 24.0. The fraction of sp³-hybridized carbons (Fsp3) is 0.568. The van der Waals surface area contributed by atoms with Crippen LogP contribution in [0.25, 0.3) is 10.8 Å². The highest BCUT2D eigenvalue weighted by atomic mass is 16.5. The van der Waals surface area contributed by atoms with Crippen LogP contribution in [0.2, 0.25) is 0 Å². The number of nitrogens with one attached hydrogen (secondary N) is 2. The summed E-state index contributed by atoms with van der Waals surface area (Å²) in [6.45, 7) is 3.94. The number of ether oxygens (including phenoxy) is 1. The molecule has 3 aliphatic rings. The van der Waals surface area contributed by atoms with E-state index < -0.39 is 46.9 Å². The number of hydrogen-bond donors (Lipinski definition) is 4. The number of Topliss-reactive ketones (excluding diaryl/α,β-unsaturated/α-hetero) is 1. The zero-order valence-electron chi connectivity index (χ0n) is 29.0. The van der Waals surface area contributed by atoms with E-state index in [1.165, 1.54) is 12.6 Å². The molecule has 0 radical (unpaired) electrons. The predicted octanol–water partition coefficient (Wildman–Crippen LogP) is 3.36. The fourth-order valence-electron chi connectivity index (χ4n) is 8.01. The summed E-state index contributed by atoms with van der Waals surface area (Å²) in [4.78, 5) is 56.4. The standard InChI is InChI=1S/C37H49N7O6/c1-36(2,49)31-22-39-42-44(31)28-21-30(34(47)41-37(32(45)33(38)46)15-8-17-50-18-16-37)43(23-28)35(48)29(19-24-9-4-3-5-10-24)40-27-14-13-25-11-6-7-12-26(25)20-27/h6-7,11-14,20,22,24,28-30,40,49H,3-5,8-10,15-19,21,23H2,1-2H3,(H2,38,46)(H,41,47)/t28-,29+,30-,37?/m0/s1. The quantitative estimate of drug-likeness (QED) is 0.220. The Morgan fingerprint density at radius 1 is 1.04 bits per heavy atom. The summed E-state index contributed by atoms with van der Waals surface area (Å²) in [5.41, 5.74) is 3.93. The molecule has 13 heteroatoms. The number of carbonyl (C=O) groups is 4. The smallest absolute Gasteiger partial charge is 0.287 e. The first-order chi connectivity index (χ1) is 23.9.